The number of aromatic nitrogens is 2. The minimum atomic E-state index is 0.550. The highest BCUT2D eigenvalue weighted by atomic mass is 79.9. The topological polar surface area (TPSA) is 35.0 Å². The summed E-state index contributed by atoms with van der Waals surface area (Å²) in [5.41, 5.74) is 1.85. The van der Waals surface area contributed by atoms with E-state index in [9.17, 15) is 0 Å². The van der Waals surface area contributed by atoms with E-state index in [2.05, 4.69) is 41.8 Å². The lowest BCUT2D eigenvalue weighted by atomic mass is 10.3. The lowest BCUT2D eigenvalue weighted by Crippen LogP contribution is -1.99. The third-order valence-corrected chi connectivity index (χ3v) is 2.43. The molecule has 0 saturated carbocycles. The second kappa shape index (κ2) is 4.77. The lowest BCUT2D eigenvalue weighted by molar-refractivity contribution is 0.394. The van der Waals surface area contributed by atoms with Crippen LogP contribution in [0.2, 0.25) is 0 Å². The normalized spacial score (nSPS) is 9.92. The zero-order valence-corrected chi connectivity index (χ0v) is 9.72. The Labute approximate surface area is 87.8 Å². The highest BCUT2D eigenvalue weighted by Crippen LogP contribution is 2.14. The maximum absolute atomic E-state index is 4.95. The molecule has 1 heterocycles. The third kappa shape index (κ3) is 2.17. The predicted octanol–water partition coefficient (Wildman–Crippen LogP) is 2.28. The van der Waals surface area contributed by atoms with Gasteiger partial charge in [0.1, 0.15) is 0 Å². The first kappa shape index (κ1) is 9.92. The zero-order chi connectivity index (χ0) is 8.97. The van der Waals surface area contributed by atoms with E-state index in [1.807, 2.05) is 0 Å². The number of alkyl halides is 2. The fourth-order valence-corrected chi connectivity index (χ4v) is 1.67. The van der Waals surface area contributed by atoms with Crippen LogP contribution in [0.5, 0.6) is 5.88 Å². The molecule has 0 N–H and O–H groups in total. The van der Waals surface area contributed by atoms with Crippen LogP contribution >= 0.6 is 31.9 Å². The molecule has 0 saturated heterocycles. The summed E-state index contributed by atoms with van der Waals surface area (Å²) in [6, 6.07) is 0. The van der Waals surface area contributed by atoms with Crippen molar-refractivity contribution in [2.45, 2.75) is 10.7 Å². The van der Waals surface area contributed by atoms with Gasteiger partial charge >= 0.3 is 0 Å². The standard InChI is InChI=1S/C7H8Br2N2O/c1-12-7-4-10-5(2-8)6(3-9)11-7/h4H,2-3H2,1H3. The summed E-state index contributed by atoms with van der Waals surface area (Å²) in [5, 5.41) is 1.41. The highest BCUT2D eigenvalue weighted by molar-refractivity contribution is 9.09. The molecule has 1 aromatic heterocycles. The summed E-state index contributed by atoms with van der Waals surface area (Å²) in [5.74, 6) is 0.550. The van der Waals surface area contributed by atoms with Crippen molar-refractivity contribution in [1.82, 2.24) is 9.97 Å². The van der Waals surface area contributed by atoms with E-state index >= 15 is 0 Å². The Morgan fingerprint density at radius 2 is 2.00 bits per heavy atom. The largest absolute Gasteiger partial charge is 0.480 e. The van der Waals surface area contributed by atoms with Gasteiger partial charge in [-0.15, -0.1) is 0 Å². The smallest absolute Gasteiger partial charge is 0.232 e. The molecule has 0 amide bonds. The molecule has 1 aromatic rings. The lowest BCUT2D eigenvalue weighted by Gasteiger charge is -2.03. The number of nitrogens with zero attached hydrogens (tertiary/aromatic N) is 2. The molecule has 0 radical (unpaired) electrons. The molecule has 0 bridgehead atoms. The average molecular weight is 296 g/mol. The van der Waals surface area contributed by atoms with Gasteiger partial charge in [-0.2, -0.15) is 0 Å². The number of methoxy groups -OCH3 is 1. The van der Waals surface area contributed by atoms with Gasteiger partial charge in [0.25, 0.3) is 0 Å². The first-order valence-corrected chi connectivity index (χ1v) is 5.56. The molecule has 12 heavy (non-hydrogen) atoms. The number of halogens is 2. The highest BCUT2D eigenvalue weighted by Gasteiger charge is 2.04. The molecule has 66 valence electrons. The summed E-state index contributed by atoms with van der Waals surface area (Å²) in [4.78, 5) is 8.39. The van der Waals surface area contributed by atoms with E-state index in [0.717, 1.165) is 11.4 Å². The average Bonchev–Trinajstić information content (AvgIpc) is 2.16. The second-order valence-corrected chi connectivity index (χ2v) is 3.19. The molecule has 3 nitrogen and oxygen atoms in total. The molecule has 0 atom stereocenters. The zero-order valence-electron chi connectivity index (χ0n) is 6.55. The molecular weight excluding hydrogens is 288 g/mol. The molecule has 0 fully saturated rings. The minimum absolute atomic E-state index is 0.550. The first-order valence-electron chi connectivity index (χ1n) is 3.32. The minimum Gasteiger partial charge on any atom is -0.480 e. The van der Waals surface area contributed by atoms with Crippen molar-refractivity contribution in [2.24, 2.45) is 0 Å². The van der Waals surface area contributed by atoms with Gasteiger partial charge in [0, 0.05) is 10.7 Å². The maximum atomic E-state index is 4.95. The predicted molar refractivity (Wildman–Crippen MR) is 53.8 cm³/mol. The summed E-state index contributed by atoms with van der Waals surface area (Å²) < 4.78 is 4.95. The van der Waals surface area contributed by atoms with Gasteiger partial charge in [-0.05, 0) is 0 Å². The summed E-state index contributed by atoms with van der Waals surface area (Å²) in [6.45, 7) is 0. The van der Waals surface area contributed by atoms with Gasteiger partial charge in [0.05, 0.1) is 24.7 Å². The summed E-state index contributed by atoms with van der Waals surface area (Å²) in [7, 11) is 1.58. The Bertz CT molecular complexity index is 268. The quantitative estimate of drug-likeness (QED) is 0.803. The fraction of sp³-hybridized carbons (Fsp3) is 0.429. The van der Waals surface area contributed by atoms with Crippen molar-refractivity contribution in [2.75, 3.05) is 7.11 Å². The van der Waals surface area contributed by atoms with Crippen LogP contribution in [0.4, 0.5) is 0 Å². The van der Waals surface area contributed by atoms with Gasteiger partial charge in [-0.25, -0.2) is 4.98 Å². The molecule has 0 spiro atoms. The summed E-state index contributed by atoms with van der Waals surface area (Å²) >= 11 is 6.67. The van der Waals surface area contributed by atoms with Crippen molar-refractivity contribution in [3.63, 3.8) is 0 Å². The fourth-order valence-electron chi connectivity index (χ4n) is 0.751. The van der Waals surface area contributed by atoms with Gasteiger partial charge in [0.2, 0.25) is 5.88 Å². The number of hydrogen-bond acceptors (Lipinski definition) is 3. The number of rotatable bonds is 3. The van der Waals surface area contributed by atoms with E-state index in [-0.39, 0.29) is 0 Å². The number of hydrogen-bond donors (Lipinski definition) is 0. The van der Waals surface area contributed by atoms with Gasteiger partial charge < -0.3 is 4.74 Å². The SMILES string of the molecule is COc1cnc(CBr)c(CBr)n1. The molecule has 0 aromatic carbocycles. The van der Waals surface area contributed by atoms with Crippen LogP contribution in [0.15, 0.2) is 6.20 Å². The molecule has 1 rings (SSSR count). The monoisotopic (exact) mass is 294 g/mol. The van der Waals surface area contributed by atoms with Crippen molar-refractivity contribution in [3.05, 3.63) is 17.6 Å². The first-order chi connectivity index (χ1) is 5.81. The van der Waals surface area contributed by atoms with Crippen LogP contribution in [-0.2, 0) is 10.7 Å². The van der Waals surface area contributed by atoms with Crippen LogP contribution in [0.1, 0.15) is 11.4 Å². The Kier molecular flexibility index (Phi) is 3.94. The Morgan fingerprint density at radius 1 is 1.33 bits per heavy atom. The maximum Gasteiger partial charge on any atom is 0.232 e. The van der Waals surface area contributed by atoms with E-state index in [4.69, 9.17) is 4.74 Å². The van der Waals surface area contributed by atoms with Gasteiger partial charge in [-0.3, -0.25) is 4.98 Å². The molecule has 0 aliphatic rings. The van der Waals surface area contributed by atoms with Crippen LogP contribution < -0.4 is 4.74 Å². The van der Waals surface area contributed by atoms with E-state index in [1.54, 1.807) is 13.3 Å². The van der Waals surface area contributed by atoms with E-state index in [0.29, 0.717) is 16.5 Å². The van der Waals surface area contributed by atoms with Gasteiger partial charge in [0.15, 0.2) is 0 Å². The summed E-state index contributed by atoms with van der Waals surface area (Å²) in [6.07, 6.45) is 1.61. The Hall–Kier alpha value is -0.160. The van der Waals surface area contributed by atoms with Crippen LogP contribution in [0.3, 0.4) is 0 Å². The molecule has 0 aliphatic heterocycles. The van der Waals surface area contributed by atoms with Crippen molar-refractivity contribution >= 4 is 31.9 Å². The van der Waals surface area contributed by atoms with Crippen molar-refractivity contribution in [1.29, 1.82) is 0 Å². The van der Waals surface area contributed by atoms with E-state index in [1.165, 1.54) is 0 Å². The van der Waals surface area contributed by atoms with Crippen LogP contribution in [0.25, 0.3) is 0 Å². The van der Waals surface area contributed by atoms with Crippen LogP contribution in [0, 0.1) is 0 Å². The van der Waals surface area contributed by atoms with Gasteiger partial charge in [-0.1, -0.05) is 31.9 Å². The Morgan fingerprint density at radius 3 is 2.50 bits per heavy atom. The molecule has 5 heteroatoms. The second-order valence-electron chi connectivity index (χ2n) is 2.07. The Balaban J connectivity index is 3.02. The molecule has 0 aliphatic carbocycles. The van der Waals surface area contributed by atoms with Crippen molar-refractivity contribution < 1.29 is 4.74 Å². The molecule has 0 unspecified atom stereocenters. The van der Waals surface area contributed by atoms with E-state index < -0.39 is 0 Å². The molecular formula is C7H8Br2N2O. The number of ether oxygens (including phenoxy) is 1. The van der Waals surface area contributed by atoms with Crippen molar-refractivity contribution in [3.8, 4) is 5.88 Å². The van der Waals surface area contributed by atoms with Crippen LogP contribution in [-0.4, -0.2) is 17.1 Å². The third-order valence-electron chi connectivity index (χ3n) is 1.37.